The maximum Gasteiger partial charge on any atom is 0.303 e. The van der Waals surface area contributed by atoms with Gasteiger partial charge in [-0.05, 0) is 25.7 Å². The van der Waals surface area contributed by atoms with Crippen LogP contribution in [0, 0.1) is 0 Å². The minimum Gasteiger partial charge on any atom is -0.484 e. The first-order valence-corrected chi connectivity index (χ1v) is 13.7. The van der Waals surface area contributed by atoms with Gasteiger partial charge in [0.05, 0.1) is 21.2 Å². The number of ether oxygens (including phenoxy) is 1. The predicted molar refractivity (Wildman–Crippen MR) is 140 cm³/mol. The molecule has 1 aromatic carbocycles. The van der Waals surface area contributed by atoms with E-state index in [4.69, 9.17) is 67.8 Å². The number of unbranched alkanes of at least 4 members (excludes halogenated alkanes) is 9. The highest BCUT2D eigenvalue weighted by molar-refractivity contribution is 6.55. The Labute approximate surface area is 222 Å². The molecule has 2 N–H and O–H groups in total. The van der Waals surface area contributed by atoms with Crippen LogP contribution in [-0.2, 0) is 4.79 Å². The quantitative estimate of drug-likeness (QED) is 0.106. The fourth-order valence-corrected chi connectivity index (χ4v) is 4.85. The minimum atomic E-state index is -0.764. The molecule has 0 amide bonds. The topological polar surface area (TPSA) is 66.8 Å². The van der Waals surface area contributed by atoms with Crippen LogP contribution in [0.5, 0.6) is 5.75 Å². The summed E-state index contributed by atoms with van der Waals surface area (Å²) in [6.07, 6.45) is 11.1. The summed E-state index contributed by atoms with van der Waals surface area (Å²) in [6, 6.07) is 0. The van der Waals surface area contributed by atoms with Gasteiger partial charge in [0.25, 0.3) is 0 Å². The SMILES string of the molecule is CCCCCCCCC(Oc1c(Cl)c(Cl)c(Cl)c(Cl)c1Cl)C(O)CCCCCCCC(=O)O. The Kier molecular flexibility index (Phi) is 16.3. The minimum absolute atomic E-state index is 0.0663. The lowest BCUT2D eigenvalue weighted by Gasteiger charge is -2.26. The van der Waals surface area contributed by atoms with E-state index in [1.165, 1.54) is 19.3 Å². The Morgan fingerprint density at radius 1 is 0.727 bits per heavy atom. The highest BCUT2D eigenvalue weighted by atomic mass is 35.5. The second kappa shape index (κ2) is 17.3. The fraction of sp³-hybridized carbons (Fsp3) is 0.708. The van der Waals surface area contributed by atoms with Crippen molar-refractivity contribution >= 4 is 64.0 Å². The fourth-order valence-electron chi connectivity index (χ4n) is 3.64. The van der Waals surface area contributed by atoms with Crippen LogP contribution in [0.3, 0.4) is 0 Å². The van der Waals surface area contributed by atoms with Gasteiger partial charge in [-0.3, -0.25) is 4.79 Å². The molecule has 0 bridgehead atoms. The van der Waals surface area contributed by atoms with Gasteiger partial charge in [-0.15, -0.1) is 0 Å². The van der Waals surface area contributed by atoms with Crippen LogP contribution >= 0.6 is 58.0 Å². The molecule has 0 fully saturated rings. The predicted octanol–water partition coefficient (Wildman–Crippen LogP) is 9.63. The number of carbonyl (C=O) groups is 1. The van der Waals surface area contributed by atoms with Crippen LogP contribution in [0.1, 0.15) is 96.8 Å². The van der Waals surface area contributed by atoms with Crippen molar-refractivity contribution in [2.24, 2.45) is 0 Å². The first-order chi connectivity index (χ1) is 15.7. The van der Waals surface area contributed by atoms with Gasteiger partial charge in [-0.1, -0.05) is 123 Å². The Morgan fingerprint density at radius 3 is 1.73 bits per heavy atom. The Bertz CT molecular complexity index is 700. The molecule has 190 valence electrons. The summed E-state index contributed by atoms with van der Waals surface area (Å²) in [5.41, 5.74) is 0. The molecule has 0 spiro atoms. The standard InChI is InChI=1S/C24H35Cl5O4/c1-2-3-4-5-8-11-14-17(16(30)13-10-7-6-9-12-15-18(31)32)33-24-22(28)20(26)19(25)21(27)23(24)29/h16-17,30H,2-15H2,1H3,(H,31,32). The highest BCUT2D eigenvalue weighted by Crippen LogP contribution is 2.48. The van der Waals surface area contributed by atoms with E-state index in [2.05, 4.69) is 6.92 Å². The van der Waals surface area contributed by atoms with Gasteiger partial charge in [-0.25, -0.2) is 0 Å². The van der Waals surface area contributed by atoms with Crippen molar-refractivity contribution in [1.29, 1.82) is 0 Å². The summed E-state index contributed by atoms with van der Waals surface area (Å²) in [6.45, 7) is 2.18. The van der Waals surface area contributed by atoms with E-state index in [1.807, 2.05) is 0 Å². The number of aliphatic hydroxyl groups excluding tert-OH is 1. The summed E-state index contributed by atoms with van der Waals surface area (Å²) in [5, 5.41) is 19.9. The van der Waals surface area contributed by atoms with Gasteiger partial charge < -0.3 is 14.9 Å². The monoisotopic (exact) mass is 562 g/mol. The zero-order valence-corrected chi connectivity index (χ0v) is 22.9. The number of aliphatic carboxylic acids is 1. The number of benzene rings is 1. The lowest BCUT2D eigenvalue weighted by Crippen LogP contribution is -2.32. The van der Waals surface area contributed by atoms with E-state index < -0.39 is 18.2 Å². The maximum atomic E-state index is 10.9. The zero-order valence-electron chi connectivity index (χ0n) is 19.2. The molecule has 2 unspecified atom stereocenters. The van der Waals surface area contributed by atoms with Crippen LogP contribution in [0.15, 0.2) is 0 Å². The van der Waals surface area contributed by atoms with Crippen molar-refractivity contribution in [2.75, 3.05) is 0 Å². The molecule has 0 radical (unpaired) electrons. The average molecular weight is 565 g/mol. The molecule has 0 aromatic heterocycles. The normalized spacial score (nSPS) is 13.2. The second-order valence-corrected chi connectivity index (χ2v) is 10.3. The third-order valence-corrected chi connectivity index (χ3v) is 7.84. The second-order valence-electron chi connectivity index (χ2n) is 8.38. The maximum absolute atomic E-state index is 10.9. The van der Waals surface area contributed by atoms with E-state index in [9.17, 15) is 9.90 Å². The van der Waals surface area contributed by atoms with Crippen LogP contribution < -0.4 is 4.74 Å². The number of rotatable bonds is 18. The molecule has 0 saturated carbocycles. The molecular weight excluding hydrogens is 530 g/mol. The molecule has 1 rings (SSSR count). The van der Waals surface area contributed by atoms with Crippen molar-refractivity contribution in [2.45, 2.75) is 109 Å². The van der Waals surface area contributed by atoms with E-state index in [0.717, 1.165) is 44.9 Å². The van der Waals surface area contributed by atoms with Crippen molar-refractivity contribution in [3.05, 3.63) is 25.1 Å². The molecule has 0 aliphatic heterocycles. The number of hydrogen-bond acceptors (Lipinski definition) is 3. The molecule has 4 nitrogen and oxygen atoms in total. The highest BCUT2D eigenvalue weighted by Gasteiger charge is 2.26. The van der Waals surface area contributed by atoms with Crippen LogP contribution in [0.2, 0.25) is 25.1 Å². The molecular formula is C24H35Cl5O4. The molecule has 0 aliphatic carbocycles. The van der Waals surface area contributed by atoms with Crippen LogP contribution in [-0.4, -0.2) is 28.4 Å². The number of carboxylic acid groups (broad SMARTS) is 1. The van der Waals surface area contributed by atoms with Crippen molar-refractivity contribution in [1.82, 2.24) is 0 Å². The number of hydrogen-bond donors (Lipinski definition) is 2. The van der Waals surface area contributed by atoms with Crippen molar-refractivity contribution in [3.63, 3.8) is 0 Å². The van der Waals surface area contributed by atoms with E-state index in [-0.39, 0.29) is 37.3 Å². The zero-order chi connectivity index (χ0) is 24.8. The Balaban J connectivity index is 2.72. The van der Waals surface area contributed by atoms with Crippen LogP contribution in [0.25, 0.3) is 0 Å². The average Bonchev–Trinajstić information content (AvgIpc) is 2.79. The number of aliphatic hydroxyl groups is 1. The summed E-state index contributed by atoms with van der Waals surface area (Å²) in [7, 11) is 0. The molecule has 33 heavy (non-hydrogen) atoms. The van der Waals surface area contributed by atoms with E-state index in [1.54, 1.807) is 0 Å². The van der Waals surface area contributed by atoms with Crippen molar-refractivity contribution < 1.29 is 19.7 Å². The first-order valence-electron chi connectivity index (χ1n) is 11.8. The molecule has 0 heterocycles. The van der Waals surface area contributed by atoms with Gasteiger partial charge in [0.15, 0.2) is 5.75 Å². The van der Waals surface area contributed by atoms with Gasteiger partial charge in [-0.2, -0.15) is 0 Å². The largest absolute Gasteiger partial charge is 0.484 e. The summed E-state index contributed by atoms with van der Waals surface area (Å²) >= 11 is 31.1. The lowest BCUT2D eigenvalue weighted by molar-refractivity contribution is -0.137. The molecule has 9 heteroatoms. The number of halogens is 5. The number of carboxylic acids is 1. The van der Waals surface area contributed by atoms with Gasteiger partial charge >= 0.3 is 5.97 Å². The Morgan fingerprint density at radius 2 is 1.18 bits per heavy atom. The van der Waals surface area contributed by atoms with Gasteiger partial charge in [0, 0.05) is 6.42 Å². The summed E-state index contributed by atoms with van der Waals surface area (Å²) in [4.78, 5) is 10.6. The Hall–Kier alpha value is -0.100. The third kappa shape index (κ3) is 11.5. The lowest BCUT2D eigenvalue weighted by atomic mass is 9.99. The van der Waals surface area contributed by atoms with Gasteiger partial charge in [0.1, 0.15) is 16.1 Å². The van der Waals surface area contributed by atoms with Crippen LogP contribution in [0.4, 0.5) is 0 Å². The first kappa shape index (κ1) is 30.9. The molecule has 0 saturated heterocycles. The van der Waals surface area contributed by atoms with Crippen molar-refractivity contribution in [3.8, 4) is 5.75 Å². The molecule has 1 aromatic rings. The summed E-state index contributed by atoms with van der Waals surface area (Å²) < 4.78 is 6.10. The van der Waals surface area contributed by atoms with E-state index in [0.29, 0.717) is 19.3 Å². The van der Waals surface area contributed by atoms with Gasteiger partial charge in [0.2, 0.25) is 0 Å². The smallest absolute Gasteiger partial charge is 0.303 e. The third-order valence-electron chi connectivity index (χ3n) is 5.60. The molecule has 2 atom stereocenters. The van der Waals surface area contributed by atoms with E-state index >= 15 is 0 Å². The summed E-state index contributed by atoms with van der Waals surface area (Å²) in [5.74, 6) is -0.624. The molecule has 0 aliphatic rings.